The van der Waals surface area contributed by atoms with Crippen LogP contribution in [0.1, 0.15) is 10.6 Å². The van der Waals surface area contributed by atoms with Crippen LogP contribution in [0.15, 0.2) is 57.4 Å². The Kier molecular flexibility index (Phi) is 5.54. The normalized spacial score (nSPS) is 10.7. The molecular formula is C17H9BrCl2INO2. The fraction of sp³-hybridized carbons (Fsp3) is 0. The van der Waals surface area contributed by atoms with E-state index in [0.29, 0.717) is 27.1 Å². The number of hydrogen-bond acceptors (Lipinski definition) is 2. The maximum absolute atomic E-state index is 12.4. The Labute approximate surface area is 170 Å². The average Bonchev–Trinajstić information content (AvgIpc) is 3.02. The summed E-state index contributed by atoms with van der Waals surface area (Å²) in [6.07, 6.45) is 0. The highest BCUT2D eigenvalue weighted by Gasteiger charge is 2.15. The zero-order chi connectivity index (χ0) is 17.3. The smallest absolute Gasteiger partial charge is 0.291 e. The molecule has 0 unspecified atom stereocenters. The molecular weight excluding hydrogens is 528 g/mol. The van der Waals surface area contributed by atoms with Gasteiger partial charge in [0.2, 0.25) is 0 Å². The number of carbonyl (C=O) groups excluding carboxylic acids is 1. The molecule has 122 valence electrons. The first-order valence-corrected chi connectivity index (χ1v) is 9.38. The maximum atomic E-state index is 12.4. The molecule has 24 heavy (non-hydrogen) atoms. The van der Waals surface area contributed by atoms with Gasteiger partial charge in [0.05, 0.1) is 10.7 Å². The van der Waals surface area contributed by atoms with Crippen molar-refractivity contribution in [3.05, 3.63) is 72.4 Å². The van der Waals surface area contributed by atoms with Gasteiger partial charge in [-0.1, -0.05) is 39.1 Å². The van der Waals surface area contributed by atoms with Crippen LogP contribution >= 0.6 is 61.7 Å². The topological polar surface area (TPSA) is 42.2 Å². The van der Waals surface area contributed by atoms with Crippen molar-refractivity contribution >= 4 is 73.3 Å². The molecule has 0 saturated carbocycles. The molecule has 1 aromatic heterocycles. The summed E-state index contributed by atoms with van der Waals surface area (Å²) in [6, 6.07) is 14.0. The summed E-state index contributed by atoms with van der Waals surface area (Å²) in [7, 11) is 0. The van der Waals surface area contributed by atoms with E-state index in [1.807, 2.05) is 18.2 Å². The van der Waals surface area contributed by atoms with E-state index in [1.54, 1.807) is 30.3 Å². The number of hydrogen-bond donors (Lipinski definition) is 1. The maximum Gasteiger partial charge on any atom is 0.291 e. The predicted octanol–water partition coefficient (Wildman–Crippen LogP) is 6.87. The number of furan rings is 1. The van der Waals surface area contributed by atoms with Crippen LogP contribution in [-0.4, -0.2) is 5.91 Å². The lowest BCUT2D eigenvalue weighted by Crippen LogP contribution is -2.11. The van der Waals surface area contributed by atoms with E-state index in [4.69, 9.17) is 27.6 Å². The minimum atomic E-state index is -0.334. The van der Waals surface area contributed by atoms with E-state index >= 15 is 0 Å². The van der Waals surface area contributed by atoms with Gasteiger partial charge in [0.25, 0.3) is 5.91 Å². The van der Waals surface area contributed by atoms with Gasteiger partial charge in [-0.05, 0) is 71.1 Å². The third-order valence-electron chi connectivity index (χ3n) is 3.20. The highest BCUT2D eigenvalue weighted by Crippen LogP contribution is 2.32. The van der Waals surface area contributed by atoms with Crippen LogP contribution in [0.2, 0.25) is 10.0 Å². The molecule has 0 atom stereocenters. The summed E-state index contributed by atoms with van der Waals surface area (Å²) < 4.78 is 7.50. The van der Waals surface area contributed by atoms with Gasteiger partial charge in [0.15, 0.2) is 5.76 Å². The third-order valence-corrected chi connectivity index (χ3v) is 5.15. The Morgan fingerprint density at radius 2 is 1.88 bits per heavy atom. The van der Waals surface area contributed by atoms with Crippen molar-refractivity contribution in [1.29, 1.82) is 0 Å². The summed E-state index contributed by atoms with van der Waals surface area (Å²) in [6.45, 7) is 0. The van der Waals surface area contributed by atoms with Crippen LogP contribution in [0.3, 0.4) is 0 Å². The number of rotatable bonds is 3. The molecule has 1 amide bonds. The Bertz CT molecular complexity index is 927. The second-order valence-electron chi connectivity index (χ2n) is 4.87. The van der Waals surface area contributed by atoms with Gasteiger partial charge in [-0.25, -0.2) is 0 Å². The van der Waals surface area contributed by atoms with Gasteiger partial charge in [-0.2, -0.15) is 0 Å². The predicted molar refractivity (Wildman–Crippen MR) is 109 cm³/mol. The molecule has 0 fully saturated rings. The zero-order valence-corrected chi connectivity index (χ0v) is 17.2. The van der Waals surface area contributed by atoms with Crippen LogP contribution in [0.5, 0.6) is 0 Å². The van der Waals surface area contributed by atoms with E-state index in [1.165, 1.54) is 0 Å². The zero-order valence-electron chi connectivity index (χ0n) is 11.9. The molecule has 0 saturated heterocycles. The molecule has 2 aromatic carbocycles. The lowest BCUT2D eigenvalue weighted by atomic mass is 10.2. The Balaban J connectivity index is 1.85. The van der Waals surface area contributed by atoms with E-state index in [0.717, 1.165) is 8.04 Å². The summed E-state index contributed by atoms with van der Waals surface area (Å²) in [5.41, 5.74) is 1.35. The van der Waals surface area contributed by atoms with Gasteiger partial charge in [0, 0.05) is 18.6 Å². The molecule has 0 aliphatic carbocycles. The Morgan fingerprint density at radius 3 is 2.62 bits per heavy atom. The molecule has 3 rings (SSSR count). The number of amides is 1. The standard InChI is InChI=1S/C17H9BrCl2INO2/c18-9-1-4-14(13(21)7-9)22-17(23)16-6-5-15(24-16)11-8-10(19)2-3-12(11)20/h1-8H,(H,22,23). The number of nitrogens with one attached hydrogen (secondary N) is 1. The lowest BCUT2D eigenvalue weighted by molar-refractivity contribution is 0.0997. The molecule has 0 bridgehead atoms. The fourth-order valence-corrected chi connectivity index (χ4v) is 3.89. The quantitative estimate of drug-likeness (QED) is 0.371. The van der Waals surface area contributed by atoms with Crippen LogP contribution in [0, 0.1) is 3.57 Å². The second-order valence-corrected chi connectivity index (χ2v) is 7.79. The van der Waals surface area contributed by atoms with Crippen molar-refractivity contribution in [2.24, 2.45) is 0 Å². The van der Waals surface area contributed by atoms with Crippen molar-refractivity contribution in [2.75, 3.05) is 5.32 Å². The molecule has 0 aliphatic rings. The van der Waals surface area contributed by atoms with Crippen LogP contribution < -0.4 is 5.32 Å². The van der Waals surface area contributed by atoms with Crippen LogP contribution in [0.4, 0.5) is 5.69 Å². The molecule has 0 radical (unpaired) electrons. The van der Waals surface area contributed by atoms with E-state index in [-0.39, 0.29) is 11.7 Å². The summed E-state index contributed by atoms with van der Waals surface area (Å²) in [5.74, 6) is 0.345. The van der Waals surface area contributed by atoms with Crippen molar-refractivity contribution < 1.29 is 9.21 Å². The molecule has 7 heteroatoms. The Hall–Kier alpha value is -1.02. The third kappa shape index (κ3) is 3.96. The molecule has 3 aromatic rings. The van der Waals surface area contributed by atoms with Crippen LogP contribution in [-0.2, 0) is 0 Å². The van der Waals surface area contributed by atoms with Crippen molar-refractivity contribution in [1.82, 2.24) is 0 Å². The largest absolute Gasteiger partial charge is 0.451 e. The Morgan fingerprint density at radius 1 is 1.08 bits per heavy atom. The van der Waals surface area contributed by atoms with E-state index in [9.17, 15) is 4.79 Å². The number of carbonyl (C=O) groups is 1. The van der Waals surface area contributed by atoms with Crippen molar-refractivity contribution in [2.45, 2.75) is 0 Å². The molecule has 0 aliphatic heterocycles. The van der Waals surface area contributed by atoms with Crippen molar-refractivity contribution in [3.63, 3.8) is 0 Å². The lowest BCUT2D eigenvalue weighted by Gasteiger charge is -2.06. The van der Waals surface area contributed by atoms with Crippen LogP contribution in [0.25, 0.3) is 11.3 Å². The minimum Gasteiger partial charge on any atom is -0.451 e. The first-order valence-electron chi connectivity index (χ1n) is 6.76. The molecule has 1 heterocycles. The second kappa shape index (κ2) is 7.47. The van der Waals surface area contributed by atoms with Gasteiger partial charge in [-0.3, -0.25) is 4.79 Å². The monoisotopic (exact) mass is 535 g/mol. The summed E-state index contributed by atoms with van der Waals surface area (Å²) in [5, 5.41) is 3.87. The molecule has 3 nitrogen and oxygen atoms in total. The van der Waals surface area contributed by atoms with Gasteiger partial charge >= 0.3 is 0 Å². The first-order chi connectivity index (χ1) is 11.4. The number of anilines is 1. The van der Waals surface area contributed by atoms with Crippen molar-refractivity contribution in [3.8, 4) is 11.3 Å². The van der Waals surface area contributed by atoms with E-state index < -0.39 is 0 Å². The van der Waals surface area contributed by atoms with Gasteiger partial charge < -0.3 is 9.73 Å². The highest BCUT2D eigenvalue weighted by atomic mass is 127. The SMILES string of the molecule is O=C(Nc1ccc(Br)cc1I)c1ccc(-c2cc(Cl)ccc2Cl)o1. The fourth-order valence-electron chi connectivity index (χ4n) is 2.07. The van der Waals surface area contributed by atoms with Gasteiger partial charge in [0.1, 0.15) is 5.76 Å². The minimum absolute atomic E-state index is 0.194. The van der Waals surface area contributed by atoms with Gasteiger partial charge in [-0.15, -0.1) is 0 Å². The molecule has 0 spiro atoms. The summed E-state index contributed by atoms with van der Waals surface area (Å²) >= 11 is 17.7. The number of halogens is 4. The molecule has 1 N–H and O–H groups in total. The average molecular weight is 537 g/mol. The summed E-state index contributed by atoms with van der Waals surface area (Å²) in [4.78, 5) is 12.4. The van der Waals surface area contributed by atoms with E-state index in [2.05, 4.69) is 43.8 Å². The highest BCUT2D eigenvalue weighted by molar-refractivity contribution is 14.1. The first kappa shape index (κ1) is 17.8. The number of benzene rings is 2.